The van der Waals surface area contributed by atoms with E-state index in [1.165, 1.54) is 60.6 Å². The maximum absolute atomic E-state index is 2.41. The molecule has 0 aliphatic rings. The number of nitrogens with zero attached hydrogens (tertiary/aromatic N) is 2. The highest BCUT2D eigenvalue weighted by atomic mass is 15.0. The number of aryl methyl sites for hydroxylation is 3. The van der Waals surface area contributed by atoms with Crippen molar-refractivity contribution in [1.29, 1.82) is 0 Å². The van der Waals surface area contributed by atoms with Gasteiger partial charge in [-0.05, 0) is 54.4 Å². The normalized spacial score (nSPS) is 11.6. The molecule has 0 atom stereocenters. The number of aromatic nitrogens is 2. The first-order chi connectivity index (χ1) is 15.6. The van der Waals surface area contributed by atoms with Gasteiger partial charge >= 0.3 is 0 Å². The Kier molecular flexibility index (Phi) is 4.16. The molecular weight excluding hydrogens is 388 g/mol. The van der Waals surface area contributed by atoms with E-state index in [0.29, 0.717) is 0 Å². The van der Waals surface area contributed by atoms with Crippen molar-refractivity contribution in [2.45, 2.75) is 13.8 Å². The molecule has 4 aromatic carbocycles. The van der Waals surface area contributed by atoms with Gasteiger partial charge in [-0.25, -0.2) is 4.57 Å². The van der Waals surface area contributed by atoms with Crippen LogP contribution in [0.5, 0.6) is 0 Å². The summed E-state index contributed by atoms with van der Waals surface area (Å²) in [4.78, 5) is 0. The Balaban J connectivity index is 1.81. The second-order valence-corrected chi connectivity index (χ2v) is 8.74. The fraction of sp³-hybridized carbons (Fsp3) is 0.100. The van der Waals surface area contributed by atoms with Gasteiger partial charge in [-0.1, -0.05) is 66.2 Å². The van der Waals surface area contributed by atoms with E-state index in [9.17, 15) is 0 Å². The smallest absolute Gasteiger partial charge is 0.214 e. The predicted molar refractivity (Wildman–Crippen MR) is 134 cm³/mol. The van der Waals surface area contributed by atoms with Crippen LogP contribution in [0, 0.1) is 13.8 Å². The Morgan fingerprint density at radius 1 is 0.688 bits per heavy atom. The molecule has 2 nitrogen and oxygen atoms in total. The van der Waals surface area contributed by atoms with Crippen molar-refractivity contribution in [1.82, 2.24) is 4.57 Å². The Bertz CT molecular complexity index is 1640. The first-order valence-electron chi connectivity index (χ1n) is 11.1. The lowest BCUT2D eigenvalue weighted by Crippen LogP contribution is -2.30. The number of hydrogen-bond acceptors (Lipinski definition) is 0. The van der Waals surface area contributed by atoms with E-state index < -0.39 is 0 Å². The van der Waals surface area contributed by atoms with Gasteiger partial charge in [0.15, 0.2) is 6.20 Å². The highest BCUT2D eigenvalue weighted by Crippen LogP contribution is 2.37. The largest absolute Gasteiger partial charge is 0.309 e. The van der Waals surface area contributed by atoms with Gasteiger partial charge in [0.25, 0.3) is 0 Å². The third-order valence-corrected chi connectivity index (χ3v) is 6.59. The summed E-state index contributed by atoms with van der Waals surface area (Å²) in [5.74, 6) is 0. The molecule has 32 heavy (non-hydrogen) atoms. The topological polar surface area (TPSA) is 8.81 Å². The summed E-state index contributed by atoms with van der Waals surface area (Å²) in [5.41, 5.74) is 8.71. The number of hydrogen-bond donors (Lipinski definition) is 0. The van der Waals surface area contributed by atoms with Gasteiger partial charge in [0.05, 0.1) is 16.4 Å². The van der Waals surface area contributed by atoms with E-state index in [1.807, 2.05) is 0 Å². The molecule has 0 N–H and O–H groups in total. The highest BCUT2D eigenvalue weighted by molar-refractivity contribution is 6.21. The summed E-state index contributed by atoms with van der Waals surface area (Å²) in [6, 6.07) is 33.0. The number of para-hydroxylation sites is 1. The molecule has 0 aliphatic heterocycles. The number of benzene rings is 4. The summed E-state index contributed by atoms with van der Waals surface area (Å²) < 4.78 is 4.68. The molecule has 2 heteroatoms. The van der Waals surface area contributed by atoms with Gasteiger partial charge in [0.1, 0.15) is 7.05 Å². The fourth-order valence-electron chi connectivity index (χ4n) is 5.04. The van der Waals surface area contributed by atoms with Crippen LogP contribution in [0.25, 0.3) is 49.5 Å². The molecule has 0 fully saturated rings. The van der Waals surface area contributed by atoms with Crippen molar-refractivity contribution in [2.75, 3.05) is 0 Å². The van der Waals surface area contributed by atoms with Crippen LogP contribution in [0.4, 0.5) is 0 Å². The van der Waals surface area contributed by atoms with Crippen molar-refractivity contribution in [3.8, 4) is 16.9 Å². The molecule has 6 aromatic rings. The van der Waals surface area contributed by atoms with Crippen LogP contribution in [-0.2, 0) is 7.05 Å². The minimum atomic E-state index is 1.18. The van der Waals surface area contributed by atoms with E-state index in [0.717, 1.165) is 0 Å². The summed E-state index contributed by atoms with van der Waals surface area (Å²) >= 11 is 0. The second kappa shape index (κ2) is 7.06. The van der Waals surface area contributed by atoms with Gasteiger partial charge in [-0.2, -0.15) is 0 Å². The Morgan fingerprint density at radius 2 is 1.47 bits per heavy atom. The van der Waals surface area contributed by atoms with Crippen LogP contribution < -0.4 is 4.57 Å². The molecule has 0 unspecified atom stereocenters. The molecule has 2 heterocycles. The van der Waals surface area contributed by atoms with E-state index in [4.69, 9.17) is 0 Å². The molecule has 0 spiro atoms. The minimum absolute atomic E-state index is 1.18. The predicted octanol–water partition coefficient (Wildman–Crippen LogP) is 7.05. The van der Waals surface area contributed by atoms with E-state index in [-0.39, 0.29) is 0 Å². The lowest BCUT2D eigenvalue weighted by atomic mass is 10.0. The molecule has 0 saturated heterocycles. The van der Waals surface area contributed by atoms with Gasteiger partial charge in [0.2, 0.25) is 5.69 Å². The van der Waals surface area contributed by atoms with Crippen molar-refractivity contribution < 1.29 is 4.57 Å². The van der Waals surface area contributed by atoms with E-state index >= 15 is 0 Å². The fourth-order valence-corrected chi connectivity index (χ4v) is 5.04. The monoisotopic (exact) mass is 413 g/mol. The highest BCUT2D eigenvalue weighted by Gasteiger charge is 2.21. The molecule has 0 amide bonds. The third-order valence-electron chi connectivity index (χ3n) is 6.59. The van der Waals surface area contributed by atoms with Crippen LogP contribution >= 0.6 is 0 Å². The quantitative estimate of drug-likeness (QED) is 0.269. The zero-order chi connectivity index (χ0) is 21.8. The lowest BCUT2D eigenvalue weighted by Gasteiger charge is -2.09. The zero-order valence-electron chi connectivity index (χ0n) is 18.6. The van der Waals surface area contributed by atoms with Crippen LogP contribution in [0.15, 0.2) is 97.2 Å². The molecule has 0 bridgehead atoms. The first kappa shape index (κ1) is 18.8. The summed E-state index contributed by atoms with van der Waals surface area (Å²) in [6.45, 7) is 4.34. The van der Waals surface area contributed by atoms with Crippen molar-refractivity contribution in [3.63, 3.8) is 0 Å². The SMILES string of the molecule is Cc1ccc2c(ccc3c2c2c[n+](C)c(-c4ccccc4C)cc2n3-c2ccccc2)c1. The molecule has 0 saturated carbocycles. The Hall–Kier alpha value is -3.91. The van der Waals surface area contributed by atoms with Gasteiger partial charge < -0.3 is 4.57 Å². The van der Waals surface area contributed by atoms with Crippen molar-refractivity contribution in [2.24, 2.45) is 7.05 Å². The van der Waals surface area contributed by atoms with Crippen molar-refractivity contribution in [3.05, 3.63) is 108 Å². The Morgan fingerprint density at radius 3 is 2.28 bits per heavy atom. The molecule has 0 aliphatic carbocycles. The maximum Gasteiger partial charge on any atom is 0.214 e. The van der Waals surface area contributed by atoms with Gasteiger partial charge in [-0.15, -0.1) is 0 Å². The first-order valence-corrected chi connectivity index (χ1v) is 11.1. The average Bonchev–Trinajstić information content (AvgIpc) is 3.13. The van der Waals surface area contributed by atoms with E-state index in [1.54, 1.807) is 0 Å². The van der Waals surface area contributed by atoms with Crippen LogP contribution in [-0.4, -0.2) is 4.57 Å². The number of pyridine rings is 1. The van der Waals surface area contributed by atoms with Crippen LogP contribution in [0.1, 0.15) is 11.1 Å². The Labute approximate surface area is 188 Å². The molecular formula is C30H25N2+. The molecule has 0 radical (unpaired) electrons. The zero-order valence-corrected chi connectivity index (χ0v) is 18.6. The van der Waals surface area contributed by atoms with E-state index in [2.05, 4.69) is 127 Å². The summed E-state index contributed by atoms with van der Waals surface area (Å²) in [7, 11) is 2.15. The van der Waals surface area contributed by atoms with Crippen LogP contribution in [0.3, 0.4) is 0 Å². The van der Waals surface area contributed by atoms with Crippen molar-refractivity contribution >= 4 is 32.6 Å². The maximum atomic E-state index is 2.41. The third kappa shape index (κ3) is 2.76. The standard InChI is InChI=1S/C30H25N2/c1-20-13-15-25-22(17-20)14-16-27-30(25)26-19-31(3)28(24-12-8-7-9-21(24)2)18-29(26)32(27)23-10-5-4-6-11-23/h4-19H,1-3H3/q+1. The summed E-state index contributed by atoms with van der Waals surface area (Å²) in [6.07, 6.45) is 2.30. The second-order valence-electron chi connectivity index (χ2n) is 8.74. The number of rotatable bonds is 2. The molecule has 154 valence electrons. The average molecular weight is 414 g/mol. The number of fused-ring (bicyclic) bond motifs is 5. The van der Waals surface area contributed by atoms with Crippen LogP contribution in [0.2, 0.25) is 0 Å². The lowest BCUT2D eigenvalue weighted by molar-refractivity contribution is -0.659. The molecule has 6 rings (SSSR count). The molecule has 2 aromatic heterocycles. The minimum Gasteiger partial charge on any atom is -0.309 e. The summed E-state index contributed by atoms with van der Waals surface area (Å²) in [5, 5.41) is 5.18. The van der Waals surface area contributed by atoms with Gasteiger partial charge in [0, 0.05) is 22.7 Å². The van der Waals surface area contributed by atoms with Gasteiger partial charge in [-0.3, -0.25) is 0 Å².